The van der Waals surface area contributed by atoms with Gasteiger partial charge >= 0.3 is 0 Å². The van der Waals surface area contributed by atoms with Crippen LogP contribution in [0.4, 0.5) is 0 Å². The minimum atomic E-state index is -0.00819. The normalized spacial score (nSPS) is 11.1. The van der Waals surface area contributed by atoms with E-state index in [-0.39, 0.29) is 11.1 Å². The fourth-order valence-corrected chi connectivity index (χ4v) is 5.71. The first kappa shape index (κ1) is 32.6. The zero-order valence-electron chi connectivity index (χ0n) is 26.4. The van der Waals surface area contributed by atoms with Crippen LogP contribution in [0.3, 0.4) is 0 Å². The Balaban J connectivity index is 0.000000157. The molecule has 0 radical (unpaired) electrons. The van der Waals surface area contributed by atoms with Crippen molar-refractivity contribution in [1.29, 1.82) is 0 Å². The largest absolute Gasteiger partial charge is 0.311 e. The van der Waals surface area contributed by atoms with Gasteiger partial charge in [-0.05, 0) is 34.4 Å². The highest BCUT2D eigenvalue weighted by Crippen LogP contribution is 2.20. The molecule has 0 saturated heterocycles. The molecule has 0 spiro atoms. The van der Waals surface area contributed by atoms with E-state index in [4.69, 9.17) is 23.2 Å². The quantitative estimate of drug-likeness (QED) is 0.190. The minimum absolute atomic E-state index is 0.00667. The van der Waals surface area contributed by atoms with E-state index >= 15 is 0 Å². The zero-order valence-corrected chi connectivity index (χ0v) is 27.9. The van der Waals surface area contributed by atoms with Crippen LogP contribution in [0.2, 0.25) is 10.3 Å². The SMILES string of the molecule is O=c1ccccn1Cc1ccc(Cn2cc3c(Cl)ncnc3n2)cc1.O=c1ccccn1Cc1ccc(Cn2ncc3c(Cl)ncnc32)cc1. The molecule has 0 aliphatic heterocycles. The molecule has 8 rings (SSSR count). The molecule has 0 saturated carbocycles. The summed E-state index contributed by atoms with van der Waals surface area (Å²) in [6.07, 6.45) is 9.93. The van der Waals surface area contributed by atoms with Crippen LogP contribution in [0, 0.1) is 0 Å². The fraction of sp³-hybridized carbons (Fsp3) is 0.111. The highest BCUT2D eigenvalue weighted by Gasteiger charge is 2.09. The Morgan fingerprint density at radius 2 is 1.08 bits per heavy atom. The predicted molar refractivity (Wildman–Crippen MR) is 191 cm³/mol. The summed E-state index contributed by atoms with van der Waals surface area (Å²) < 4.78 is 6.94. The number of aromatic nitrogens is 10. The van der Waals surface area contributed by atoms with Gasteiger partial charge in [-0.25, -0.2) is 24.6 Å². The third-order valence-corrected chi connectivity index (χ3v) is 8.53. The van der Waals surface area contributed by atoms with E-state index in [0.717, 1.165) is 33.0 Å². The van der Waals surface area contributed by atoms with E-state index in [1.54, 1.807) is 61.4 Å². The number of pyridine rings is 2. The van der Waals surface area contributed by atoms with Crippen molar-refractivity contribution >= 4 is 45.3 Å². The summed E-state index contributed by atoms with van der Waals surface area (Å²) in [5, 5.41) is 11.0. The summed E-state index contributed by atoms with van der Waals surface area (Å²) in [4.78, 5) is 39.8. The van der Waals surface area contributed by atoms with Gasteiger partial charge in [-0.3, -0.25) is 14.3 Å². The number of hydrogen-bond donors (Lipinski definition) is 0. The van der Waals surface area contributed by atoms with Gasteiger partial charge in [0.1, 0.15) is 23.0 Å². The van der Waals surface area contributed by atoms with Crippen LogP contribution >= 0.6 is 23.2 Å². The average molecular weight is 704 g/mol. The highest BCUT2D eigenvalue weighted by molar-refractivity contribution is 6.34. The molecule has 0 N–H and O–H groups in total. The molecule has 6 aromatic heterocycles. The Hall–Kier alpha value is -5.98. The van der Waals surface area contributed by atoms with Crippen LogP contribution in [0.1, 0.15) is 22.3 Å². The molecule has 6 heterocycles. The lowest BCUT2D eigenvalue weighted by Gasteiger charge is -2.07. The molecule has 0 aliphatic rings. The van der Waals surface area contributed by atoms with Crippen molar-refractivity contribution in [2.45, 2.75) is 26.2 Å². The molecule has 0 fully saturated rings. The topological polar surface area (TPSA) is 131 Å². The molecule has 2 aromatic carbocycles. The first-order chi connectivity index (χ1) is 24.4. The minimum Gasteiger partial charge on any atom is -0.311 e. The van der Waals surface area contributed by atoms with Gasteiger partial charge in [-0.1, -0.05) is 83.9 Å². The van der Waals surface area contributed by atoms with E-state index in [2.05, 4.69) is 30.1 Å². The lowest BCUT2D eigenvalue weighted by Crippen LogP contribution is -2.18. The van der Waals surface area contributed by atoms with E-state index in [1.165, 1.54) is 12.7 Å². The van der Waals surface area contributed by atoms with Gasteiger partial charge in [-0.2, -0.15) is 10.2 Å². The molecule has 50 heavy (non-hydrogen) atoms. The lowest BCUT2D eigenvalue weighted by atomic mass is 10.1. The smallest absolute Gasteiger partial charge is 0.250 e. The summed E-state index contributed by atoms with van der Waals surface area (Å²) in [6.45, 7) is 2.30. The first-order valence-electron chi connectivity index (χ1n) is 15.5. The van der Waals surface area contributed by atoms with Gasteiger partial charge in [0.25, 0.3) is 11.1 Å². The third-order valence-electron chi connectivity index (χ3n) is 7.93. The van der Waals surface area contributed by atoms with Crippen molar-refractivity contribution in [3.05, 3.63) is 176 Å². The molecule has 0 aliphatic carbocycles. The molecule has 0 amide bonds. The van der Waals surface area contributed by atoms with Crippen LogP contribution in [0.5, 0.6) is 0 Å². The number of rotatable bonds is 8. The number of nitrogens with zero attached hydrogens (tertiary/aromatic N) is 10. The number of hydrogen-bond acceptors (Lipinski definition) is 8. The Morgan fingerprint density at radius 3 is 1.64 bits per heavy atom. The molecule has 248 valence electrons. The molecule has 0 atom stereocenters. The van der Waals surface area contributed by atoms with Gasteiger partial charge < -0.3 is 9.13 Å². The number of halogens is 2. The second kappa shape index (κ2) is 14.6. The standard InChI is InChI=1S/2C18H14ClN5O/c19-17-15-9-22-24(18(15)21-12-20-17)11-14-6-4-13(5-7-14)10-23-8-2-1-3-16(23)25;19-17-15-11-24(22-18(15)21-12-20-17)10-14-6-4-13(5-7-14)9-23-8-2-1-3-16(23)25/h1-9,12H,10-11H2;1-8,11-12H,9-10H2. The molecule has 0 bridgehead atoms. The van der Waals surface area contributed by atoms with Crippen molar-refractivity contribution in [2.75, 3.05) is 0 Å². The molecule has 14 heteroatoms. The number of fused-ring (bicyclic) bond motifs is 2. The van der Waals surface area contributed by atoms with Gasteiger partial charge in [0.05, 0.1) is 43.1 Å². The van der Waals surface area contributed by atoms with Crippen molar-refractivity contribution < 1.29 is 0 Å². The van der Waals surface area contributed by atoms with Crippen LogP contribution < -0.4 is 11.1 Å². The van der Waals surface area contributed by atoms with E-state index < -0.39 is 0 Å². The predicted octanol–water partition coefficient (Wildman–Crippen LogP) is 5.48. The molecule has 12 nitrogen and oxygen atoms in total. The van der Waals surface area contributed by atoms with Crippen LogP contribution in [-0.2, 0) is 26.2 Å². The molecular formula is C36H28Cl2N10O2. The molecular weight excluding hydrogens is 675 g/mol. The summed E-state index contributed by atoms with van der Waals surface area (Å²) in [7, 11) is 0. The van der Waals surface area contributed by atoms with Crippen molar-refractivity contribution in [2.24, 2.45) is 0 Å². The second-order valence-electron chi connectivity index (χ2n) is 11.4. The Morgan fingerprint density at radius 1 is 0.560 bits per heavy atom. The fourth-order valence-electron chi connectivity index (χ4n) is 5.35. The van der Waals surface area contributed by atoms with Gasteiger partial charge in [-0.15, -0.1) is 0 Å². The molecule has 0 unspecified atom stereocenters. The van der Waals surface area contributed by atoms with E-state index in [9.17, 15) is 9.59 Å². The Labute approximate surface area is 294 Å². The van der Waals surface area contributed by atoms with Crippen molar-refractivity contribution in [3.63, 3.8) is 0 Å². The van der Waals surface area contributed by atoms with E-state index in [0.29, 0.717) is 47.8 Å². The summed E-state index contributed by atoms with van der Waals surface area (Å²) >= 11 is 12.1. The van der Waals surface area contributed by atoms with E-state index in [1.807, 2.05) is 66.9 Å². The molecule has 8 aromatic rings. The van der Waals surface area contributed by atoms with Crippen LogP contribution in [0.25, 0.3) is 22.1 Å². The maximum atomic E-state index is 11.8. The van der Waals surface area contributed by atoms with Gasteiger partial charge in [0.15, 0.2) is 11.3 Å². The Bertz CT molecular complexity index is 2510. The number of benzene rings is 2. The lowest BCUT2D eigenvalue weighted by molar-refractivity contribution is 0.692. The maximum absolute atomic E-state index is 11.8. The van der Waals surface area contributed by atoms with Crippen LogP contribution in [-0.4, -0.2) is 48.6 Å². The second-order valence-corrected chi connectivity index (χ2v) is 12.1. The summed E-state index contributed by atoms with van der Waals surface area (Å²) in [6, 6.07) is 26.5. The monoisotopic (exact) mass is 702 g/mol. The highest BCUT2D eigenvalue weighted by atomic mass is 35.5. The van der Waals surface area contributed by atoms with Gasteiger partial charge in [0, 0.05) is 30.7 Å². The van der Waals surface area contributed by atoms with Crippen LogP contribution in [0.15, 0.2) is 132 Å². The van der Waals surface area contributed by atoms with Gasteiger partial charge in [0.2, 0.25) is 0 Å². The van der Waals surface area contributed by atoms with Crippen molar-refractivity contribution in [1.82, 2.24) is 48.6 Å². The van der Waals surface area contributed by atoms with Crippen molar-refractivity contribution in [3.8, 4) is 0 Å². The summed E-state index contributed by atoms with van der Waals surface area (Å²) in [5.74, 6) is 0. The maximum Gasteiger partial charge on any atom is 0.250 e. The summed E-state index contributed by atoms with van der Waals surface area (Å²) in [5.41, 5.74) is 5.59. The Kier molecular flexibility index (Phi) is 9.54. The zero-order chi connectivity index (χ0) is 34.5. The first-order valence-corrected chi connectivity index (χ1v) is 16.3. The third kappa shape index (κ3) is 7.51. The average Bonchev–Trinajstić information content (AvgIpc) is 3.74.